The number of nitrogens with one attached hydrogen (secondary N) is 1. The first-order chi connectivity index (χ1) is 7.95. The molecule has 0 saturated heterocycles. The highest BCUT2D eigenvalue weighted by molar-refractivity contribution is 9.10. The summed E-state index contributed by atoms with van der Waals surface area (Å²) >= 11 is 3.34. The van der Waals surface area contributed by atoms with Crippen LogP contribution in [0.4, 0.5) is 11.4 Å². The number of rotatable bonds is 5. The van der Waals surface area contributed by atoms with Crippen LogP contribution in [0.5, 0.6) is 0 Å². The van der Waals surface area contributed by atoms with E-state index in [9.17, 15) is 10.1 Å². The third kappa shape index (κ3) is 3.56. The summed E-state index contributed by atoms with van der Waals surface area (Å²) in [6, 6.07) is 3.55. The fraction of sp³-hybridized carbons (Fsp3) is 0.333. The molecule has 0 spiro atoms. The highest BCUT2D eigenvalue weighted by atomic mass is 79.9. The van der Waals surface area contributed by atoms with Crippen molar-refractivity contribution in [3.8, 4) is 0 Å². The highest BCUT2D eigenvalue weighted by Gasteiger charge is 2.14. The van der Waals surface area contributed by atoms with Gasteiger partial charge in [-0.1, -0.05) is 6.08 Å². The highest BCUT2D eigenvalue weighted by Crippen LogP contribution is 2.31. The molecule has 1 atom stereocenters. The Hall–Kier alpha value is -1.36. The maximum absolute atomic E-state index is 10.8. The van der Waals surface area contributed by atoms with Gasteiger partial charge >= 0.3 is 0 Å². The second-order valence-corrected chi connectivity index (χ2v) is 4.80. The largest absolute Gasteiger partial charge is 0.381 e. The molecule has 1 aromatic carbocycles. The quantitative estimate of drug-likeness (QED) is 0.507. The molecule has 0 saturated carbocycles. The predicted molar refractivity (Wildman–Crippen MR) is 73.4 cm³/mol. The Labute approximate surface area is 109 Å². The van der Waals surface area contributed by atoms with E-state index in [1.54, 1.807) is 13.0 Å². The number of anilines is 1. The molecule has 0 aliphatic heterocycles. The minimum absolute atomic E-state index is 0.124. The molecule has 5 heteroatoms. The van der Waals surface area contributed by atoms with Crippen LogP contribution in [0.1, 0.15) is 18.9 Å². The van der Waals surface area contributed by atoms with Crippen LogP contribution in [-0.2, 0) is 0 Å². The maximum atomic E-state index is 10.8. The molecule has 0 heterocycles. The fourth-order valence-corrected chi connectivity index (χ4v) is 2.00. The summed E-state index contributed by atoms with van der Waals surface area (Å²) in [6.45, 7) is 7.44. The van der Waals surface area contributed by atoms with E-state index in [-0.39, 0.29) is 16.7 Å². The normalized spacial score (nSPS) is 11.9. The van der Waals surface area contributed by atoms with Crippen LogP contribution in [0.25, 0.3) is 0 Å². The molecule has 0 bridgehead atoms. The van der Waals surface area contributed by atoms with Crippen LogP contribution in [-0.4, -0.2) is 11.0 Å². The molecule has 4 nitrogen and oxygen atoms in total. The predicted octanol–water partition coefficient (Wildman–Crippen LogP) is 4.04. The number of nitro groups is 1. The smallest absolute Gasteiger partial charge is 0.273 e. The summed E-state index contributed by atoms with van der Waals surface area (Å²) in [7, 11) is 0. The number of halogens is 1. The molecule has 0 radical (unpaired) electrons. The molecular formula is C12H15BrN2O2. The Bertz CT molecular complexity index is 446. The van der Waals surface area contributed by atoms with Gasteiger partial charge in [-0.2, -0.15) is 0 Å². The summed E-state index contributed by atoms with van der Waals surface area (Å²) in [5.41, 5.74) is 1.63. The Balaban J connectivity index is 2.99. The Kier molecular flexibility index (Phi) is 4.69. The summed E-state index contributed by atoms with van der Waals surface area (Å²) < 4.78 is 0.700. The molecule has 0 aliphatic carbocycles. The van der Waals surface area contributed by atoms with Crippen LogP contribution in [0.3, 0.4) is 0 Å². The number of hydrogen-bond donors (Lipinski definition) is 1. The van der Waals surface area contributed by atoms with Gasteiger partial charge in [-0.25, -0.2) is 0 Å². The standard InChI is InChI=1S/C12H15BrN2O2/c1-4-5-9(3)14-11-6-8(2)12(15(16)17)7-10(11)13/h4,6-7,9,14H,1,5H2,2-3H3. The van der Waals surface area contributed by atoms with Gasteiger partial charge in [0.2, 0.25) is 0 Å². The molecule has 1 aromatic rings. The first-order valence-corrected chi connectivity index (χ1v) is 6.07. The van der Waals surface area contributed by atoms with Crippen LogP contribution < -0.4 is 5.32 Å². The van der Waals surface area contributed by atoms with Gasteiger partial charge < -0.3 is 5.32 Å². The van der Waals surface area contributed by atoms with Gasteiger partial charge in [0.05, 0.1) is 4.92 Å². The van der Waals surface area contributed by atoms with Crippen molar-refractivity contribution in [2.45, 2.75) is 26.3 Å². The van der Waals surface area contributed by atoms with E-state index >= 15 is 0 Å². The van der Waals surface area contributed by atoms with Crippen LogP contribution >= 0.6 is 15.9 Å². The zero-order valence-electron chi connectivity index (χ0n) is 9.87. The number of nitro benzene ring substituents is 1. The first-order valence-electron chi connectivity index (χ1n) is 5.27. The lowest BCUT2D eigenvalue weighted by molar-refractivity contribution is -0.385. The zero-order valence-corrected chi connectivity index (χ0v) is 11.5. The third-order valence-corrected chi connectivity index (χ3v) is 3.06. The average molecular weight is 299 g/mol. The van der Waals surface area contributed by atoms with Crippen molar-refractivity contribution >= 4 is 27.3 Å². The van der Waals surface area contributed by atoms with Crippen molar-refractivity contribution in [2.24, 2.45) is 0 Å². The Morgan fingerprint density at radius 3 is 2.82 bits per heavy atom. The number of hydrogen-bond acceptors (Lipinski definition) is 3. The lowest BCUT2D eigenvalue weighted by atomic mass is 10.1. The van der Waals surface area contributed by atoms with E-state index in [1.807, 2.05) is 13.0 Å². The van der Waals surface area contributed by atoms with E-state index in [0.29, 0.717) is 10.0 Å². The van der Waals surface area contributed by atoms with Crippen LogP contribution in [0, 0.1) is 17.0 Å². The van der Waals surface area contributed by atoms with Gasteiger partial charge in [0, 0.05) is 27.8 Å². The van der Waals surface area contributed by atoms with Crippen molar-refractivity contribution in [1.82, 2.24) is 0 Å². The van der Waals surface area contributed by atoms with E-state index in [0.717, 1.165) is 12.1 Å². The molecule has 1 unspecified atom stereocenters. The molecule has 0 aliphatic rings. The lowest BCUT2D eigenvalue weighted by Gasteiger charge is -2.15. The molecule has 0 aromatic heterocycles. The van der Waals surface area contributed by atoms with Gasteiger partial charge in [0.15, 0.2) is 0 Å². The number of benzene rings is 1. The minimum Gasteiger partial charge on any atom is -0.381 e. The molecule has 0 amide bonds. The van der Waals surface area contributed by atoms with E-state index < -0.39 is 0 Å². The van der Waals surface area contributed by atoms with Gasteiger partial charge in [-0.05, 0) is 42.3 Å². The second kappa shape index (κ2) is 5.82. The first kappa shape index (κ1) is 13.7. The van der Waals surface area contributed by atoms with Gasteiger partial charge in [-0.15, -0.1) is 6.58 Å². The van der Waals surface area contributed by atoms with Gasteiger partial charge in [0.1, 0.15) is 0 Å². The minimum atomic E-state index is -0.378. The summed E-state index contributed by atoms with van der Waals surface area (Å²) in [4.78, 5) is 10.4. The van der Waals surface area contributed by atoms with Gasteiger partial charge in [-0.3, -0.25) is 10.1 Å². The van der Waals surface area contributed by atoms with Gasteiger partial charge in [0.25, 0.3) is 5.69 Å². The van der Waals surface area contributed by atoms with E-state index in [4.69, 9.17) is 0 Å². The molecule has 1 N–H and O–H groups in total. The van der Waals surface area contributed by atoms with Crippen molar-refractivity contribution in [3.05, 3.63) is 44.9 Å². The Morgan fingerprint density at radius 2 is 2.29 bits per heavy atom. The average Bonchev–Trinajstić information content (AvgIpc) is 2.22. The van der Waals surface area contributed by atoms with Crippen LogP contribution in [0.2, 0.25) is 0 Å². The molecular weight excluding hydrogens is 284 g/mol. The topological polar surface area (TPSA) is 55.2 Å². The monoisotopic (exact) mass is 298 g/mol. The third-order valence-electron chi connectivity index (χ3n) is 2.40. The zero-order chi connectivity index (χ0) is 13.0. The van der Waals surface area contributed by atoms with Crippen molar-refractivity contribution in [3.63, 3.8) is 0 Å². The molecule has 1 rings (SSSR count). The maximum Gasteiger partial charge on any atom is 0.273 e. The molecule has 92 valence electrons. The molecule has 17 heavy (non-hydrogen) atoms. The van der Waals surface area contributed by atoms with Crippen molar-refractivity contribution in [1.29, 1.82) is 0 Å². The SMILES string of the molecule is C=CCC(C)Nc1cc(C)c([N+](=O)[O-])cc1Br. The fourth-order valence-electron chi connectivity index (χ4n) is 1.55. The molecule has 0 fully saturated rings. The summed E-state index contributed by atoms with van der Waals surface area (Å²) in [5, 5.41) is 14.0. The van der Waals surface area contributed by atoms with Crippen LogP contribution in [0.15, 0.2) is 29.3 Å². The Morgan fingerprint density at radius 1 is 1.65 bits per heavy atom. The number of nitrogens with zero attached hydrogens (tertiary/aromatic N) is 1. The van der Waals surface area contributed by atoms with E-state index in [2.05, 4.69) is 27.8 Å². The van der Waals surface area contributed by atoms with E-state index in [1.165, 1.54) is 6.07 Å². The summed E-state index contributed by atoms with van der Waals surface area (Å²) in [6.07, 6.45) is 2.67. The van der Waals surface area contributed by atoms with Crippen molar-refractivity contribution in [2.75, 3.05) is 5.32 Å². The lowest BCUT2D eigenvalue weighted by Crippen LogP contribution is -2.14. The number of aryl methyl sites for hydroxylation is 1. The summed E-state index contributed by atoms with van der Waals surface area (Å²) in [5.74, 6) is 0. The second-order valence-electron chi connectivity index (χ2n) is 3.95. The van der Waals surface area contributed by atoms with Crippen molar-refractivity contribution < 1.29 is 4.92 Å².